The van der Waals surface area contributed by atoms with E-state index < -0.39 is 0 Å². The Bertz CT molecular complexity index is 629. The maximum absolute atomic E-state index is 4.09. The minimum absolute atomic E-state index is 1.07. The summed E-state index contributed by atoms with van der Waals surface area (Å²) in [5.41, 5.74) is 2.36. The van der Waals surface area contributed by atoms with Crippen LogP contribution in [0.4, 0.5) is 0 Å². The molecule has 0 fully saturated rings. The molecule has 0 aliphatic rings. The monoisotopic (exact) mass is 214 g/mol. The topological polar surface area (TPSA) is 0 Å². The standard InChI is InChI=1S/C14H14S/c1-9(2)7-12-11(4)15-14-6-5-10(3)8-13(12)14/h5-8H,1,4H2,2-3H3/b12-7+. The molecule has 15 heavy (non-hydrogen) atoms. The third kappa shape index (κ3) is 1.88. The summed E-state index contributed by atoms with van der Waals surface area (Å²) in [6, 6.07) is 6.53. The molecule has 0 aliphatic heterocycles. The second-order valence-electron chi connectivity index (χ2n) is 3.93. The van der Waals surface area contributed by atoms with E-state index in [9.17, 15) is 0 Å². The van der Waals surface area contributed by atoms with Gasteiger partial charge in [0.25, 0.3) is 0 Å². The van der Waals surface area contributed by atoms with Gasteiger partial charge in [0.1, 0.15) is 0 Å². The van der Waals surface area contributed by atoms with E-state index in [0.29, 0.717) is 0 Å². The molecule has 1 heteroatoms. The Morgan fingerprint density at radius 3 is 2.80 bits per heavy atom. The van der Waals surface area contributed by atoms with Crippen molar-refractivity contribution in [3.63, 3.8) is 0 Å². The quantitative estimate of drug-likeness (QED) is 0.684. The highest BCUT2D eigenvalue weighted by atomic mass is 32.1. The highest BCUT2D eigenvalue weighted by Crippen LogP contribution is 2.14. The van der Waals surface area contributed by atoms with Crippen LogP contribution < -0.4 is 9.75 Å². The zero-order valence-corrected chi connectivity index (χ0v) is 9.95. The number of hydrogen-bond donors (Lipinski definition) is 0. The van der Waals surface area contributed by atoms with E-state index in [-0.39, 0.29) is 0 Å². The Morgan fingerprint density at radius 1 is 1.40 bits per heavy atom. The van der Waals surface area contributed by atoms with Crippen LogP contribution in [0.5, 0.6) is 0 Å². The molecule has 2 rings (SSSR count). The van der Waals surface area contributed by atoms with Crippen molar-refractivity contribution in [1.82, 2.24) is 0 Å². The molecule has 0 unspecified atom stereocenters. The van der Waals surface area contributed by atoms with Crippen LogP contribution in [0.3, 0.4) is 0 Å². The summed E-state index contributed by atoms with van der Waals surface area (Å²) in [7, 11) is 0. The number of rotatable bonds is 1. The van der Waals surface area contributed by atoms with Crippen LogP contribution in [0.25, 0.3) is 22.7 Å². The van der Waals surface area contributed by atoms with Crippen LogP contribution in [0.15, 0.2) is 30.4 Å². The number of hydrogen-bond acceptors (Lipinski definition) is 1. The summed E-state index contributed by atoms with van der Waals surface area (Å²) >= 11 is 1.75. The first-order valence-corrected chi connectivity index (χ1v) is 5.75. The summed E-state index contributed by atoms with van der Waals surface area (Å²) in [4.78, 5) is 0. The second-order valence-corrected chi connectivity index (χ2v) is 5.07. The predicted molar refractivity (Wildman–Crippen MR) is 70.6 cm³/mol. The van der Waals surface area contributed by atoms with E-state index in [1.807, 2.05) is 6.92 Å². The van der Waals surface area contributed by atoms with Crippen molar-refractivity contribution >= 4 is 34.1 Å². The summed E-state index contributed by atoms with van der Waals surface area (Å²) in [6.07, 6.45) is 2.11. The Balaban J connectivity index is 2.95. The van der Waals surface area contributed by atoms with Gasteiger partial charge in [0.2, 0.25) is 0 Å². The van der Waals surface area contributed by atoms with Gasteiger partial charge in [-0.15, -0.1) is 11.3 Å². The molecule has 0 radical (unpaired) electrons. The molecular weight excluding hydrogens is 200 g/mol. The molecule has 0 N–H and O–H groups in total. The second kappa shape index (κ2) is 3.67. The summed E-state index contributed by atoms with van der Waals surface area (Å²) in [5, 5.41) is 2.53. The first kappa shape index (κ1) is 10.2. The van der Waals surface area contributed by atoms with E-state index in [0.717, 1.165) is 10.1 Å². The molecule has 0 nitrogen and oxygen atoms in total. The minimum Gasteiger partial charge on any atom is -0.136 e. The summed E-state index contributed by atoms with van der Waals surface area (Å²) in [6.45, 7) is 12.1. The largest absolute Gasteiger partial charge is 0.136 e. The first-order valence-electron chi connectivity index (χ1n) is 4.93. The number of allylic oxidation sites excluding steroid dienone is 1. The van der Waals surface area contributed by atoms with Crippen molar-refractivity contribution in [1.29, 1.82) is 0 Å². The van der Waals surface area contributed by atoms with E-state index in [2.05, 4.69) is 44.4 Å². The Hall–Kier alpha value is -1.34. The Labute approximate surface area is 93.9 Å². The molecule has 76 valence electrons. The van der Waals surface area contributed by atoms with Crippen molar-refractivity contribution in [3.8, 4) is 0 Å². The number of fused-ring (bicyclic) bond motifs is 1. The van der Waals surface area contributed by atoms with Gasteiger partial charge in [-0.25, -0.2) is 0 Å². The smallest absolute Gasteiger partial charge is 0.0355 e. The molecule has 0 bridgehead atoms. The highest BCUT2D eigenvalue weighted by molar-refractivity contribution is 7.17. The SMILES string of the molecule is C=C(C)/C=c1\c(=C)sc2ccc(C)cc12. The lowest BCUT2D eigenvalue weighted by Crippen LogP contribution is -2.16. The van der Waals surface area contributed by atoms with Crippen LogP contribution in [-0.2, 0) is 0 Å². The van der Waals surface area contributed by atoms with Crippen molar-refractivity contribution in [3.05, 3.63) is 45.7 Å². The fourth-order valence-corrected chi connectivity index (χ4v) is 2.65. The van der Waals surface area contributed by atoms with E-state index >= 15 is 0 Å². The minimum atomic E-state index is 1.07. The average Bonchev–Trinajstić information content (AvgIpc) is 2.43. The van der Waals surface area contributed by atoms with Gasteiger partial charge in [0.15, 0.2) is 0 Å². The third-order valence-corrected chi connectivity index (χ3v) is 3.39. The van der Waals surface area contributed by atoms with E-state index in [4.69, 9.17) is 0 Å². The lowest BCUT2D eigenvalue weighted by molar-refractivity contribution is 1.51. The van der Waals surface area contributed by atoms with Crippen molar-refractivity contribution in [2.45, 2.75) is 13.8 Å². The van der Waals surface area contributed by atoms with Gasteiger partial charge in [-0.2, -0.15) is 0 Å². The van der Waals surface area contributed by atoms with Crippen LogP contribution in [-0.4, -0.2) is 0 Å². The predicted octanol–water partition coefficient (Wildman–Crippen LogP) is 2.98. The molecule has 1 aromatic carbocycles. The van der Waals surface area contributed by atoms with Crippen molar-refractivity contribution < 1.29 is 0 Å². The zero-order chi connectivity index (χ0) is 11.0. The van der Waals surface area contributed by atoms with E-state index in [1.165, 1.54) is 20.9 Å². The Morgan fingerprint density at radius 2 is 2.13 bits per heavy atom. The maximum Gasteiger partial charge on any atom is 0.0355 e. The molecule has 1 heterocycles. The summed E-state index contributed by atoms with van der Waals surface area (Å²) < 4.78 is 2.43. The molecule has 0 aliphatic carbocycles. The van der Waals surface area contributed by atoms with E-state index in [1.54, 1.807) is 11.3 Å². The normalized spacial score (nSPS) is 12.3. The Kier molecular flexibility index (Phi) is 2.49. The van der Waals surface area contributed by atoms with Gasteiger partial charge >= 0.3 is 0 Å². The van der Waals surface area contributed by atoms with Crippen LogP contribution in [0.1, 0.15) is 12.5 Å². The van der Waals surface area contributed by atoms with Crippen LogP contribution >= 0.6 is 11.3 Å². The molecule has 0 atom stereocenters. The molecule has 0 amide bonds. The molecule has 0 saturated carbocycles. The number of thiophene rings is 1. The lowest BCUT2D eigenvalue weighted by Gasteiger charge is -1.92. The zero-order valence-electron chi connectivity index (χ0n) is 9.13. The fraction of sp³-hybridized carbons (Fsp3) is 0.143. The molecule has 0 saturated heterocycles. The lowest BCUT2D eigenvalue weighted by atomic mass is 10.1. The average molecular weight is 214 g/mol. The van der Waals surface area contributed by atoms with Gasteiger partial charge in [-0.1, -0.05) is 36.4 Å². The maximum atomic E-state index is 4.09. The van der Waals surface area contributed by atoms with Crippen molar-refractivity contribution in [2.75, 3.05) is 0 Å². The molecule has 1 aromatic heterocycles. The van der Waals surface area contributed by atoms with Crippen molar-refractivity contribution in [2.24, 2.45) is 0 Å². The molecular formula is C14H14S. The molecule has 0 spiro atoms. The fourth-order valence-electron chi connectivity index (χ4n) is 1.69. The van der Waals surface area contributed by atoms with Gasteiger partial charge in [-0.3, -0.25) is 0 Å². The first-order chi connectivity index (χ1) is 7.08. The summed E-state index contributed by atoms with van der Waals surface area (Å²) in [5.74, 6) is 0. The van der Waals surface area contributed by atoms with Crippen LogP contribution in [0, 0.1) is 6.92 Å². The van der Waals surface area contributed by atoms with Gasteiger partial charge < -0.3 is 0 Å². The van der Waals surface area contributed by atoms with Gasteiger partial charge in [0.05, 0.1) is 0 Å². The number of aryl methyl sites for hydroxylation is 1. The number of benzene rings is 1. The van der Waals surface area contributed by atoms with Gasteiger partial charge in [0, 0.05) is 14.6 Å². The third-order valence-electron chi connectivity index (χ3n) is 2.35. The molecule has 2 aromatic rings. The van der Waals surface area contributed by atoms with Crippen LogP contribution in [0.2, 0.25) is 0 Å². The highest BCUT2D eigenvalue weighted by Gasteiger charge is 1.99. The van der Waals surface area contributed by atoms with Gasteiger partial charge in [-0.05, 0) is 31.2 Å².